The average molecular weight is 159 g/mol. The number of hydrogen-bond acceptors (Lipinski definition) is 4. The second-order valence-electron chi connectivity index (χ2n) is 2.26. The minimum Gasteiger partial charge on any atom is -0.479 e. The predicted octanol–water partition coefficient (Wildman–Crippen LogP) is -1.41. The molecule has 0 rings (SSSR count). The first-order valence-electron chi connectivity index (χ1n) is 3.17. The first kappa shape index (κ1) is 10.1. The van der Waals surface area contributed by atoms with Gasteiger partial charge in [0.1, 0.15) is 0 Å². The molecular formula is C6H13N3O2. The van der Waals surface area contributed by atoms with Gasteiger partial charge in [0.05, 0.1) is 0 Å². The van der Waals surface area contributed by atoms with Crippen LogP contribution in [-0.2, 0) is 4.79 Å². The van der Waals surface area contributed by atoms with E-state index in [2.05, 4.69) is 0 Å². The van der Waals surface area contributed by atoms with Gasteiger partial charge in [-0.1, -0.05) is 12.2 Å². The van der Waals surface area contributed by atoms with Crippen LogP contribution in [0.5, 0.6) is 0 Å². The largest absolute Gasteiger partial charge is 0.479 e. The average Bonchev–Trinajstić information content (AvgIpc) is 1.88. The first-order valence-corrected chi connectivity index (χ1v) is 3.17. The smallest absolute Gasteiger partial charge is 0.338 e. The first-order chi connectivity index (χ1) is 5.00. The fourth-order valence-electron chi connectivity index (χ4n) is 0.462. The summed E-state index contributed by atoms with van der Waals surface area (Å²) in [6, 6.07) is 0. The Morgan fingerprint density at radius 3 is 2.36 bits per heavy atom. The molecule has 0 radical (unpaired) electrons. The fourth-order valence-corrected chi connectivity index (χ4v) is 0.462. The Labute approximate surface area is 64.8 Å². The van der Waals surface area contributed by atoms with Gasteiger partial charge in [0.25, 0.3) is 0 Å². The van der Waals surface area contributed by atoms with E-state index in [9.17, 15) is 4.79 Å². The zero-order valence-corrected chi connectivity index (χ0v) is 6.16. The maximum absolute atomic E-state index is 10.3. The SMILES string of the molecule is NCC=CCC(N)(N)C(=O)O. The van der Waals surface area contributed by atoms with E-state index in [-0.39, 0.29) is 6.42 Å². The maximum atomic E-state index is 10.3. The van der Waals surface area contributed by atoms with Gasteiger partial charge in [-0.05, 0) is 0 Å². The van der Waals surface area contributed by atoms with Crippen LogP contribution in [0, 0.1) is 0 Å². The lowest BCUT2D eigenvalue weighted by Gasteiger charge is -2.15. The van der Waals surface area contributed by atoms with Crippen LogP contribution in [0.4, 0.5) is 0 Å². The molecule has 64 valence electrons. The van der Waals surface area contributed by atoms with Crippen molar-refractivity contribution in [1.29, 1.82) is 0 Å². The quantitative estimate of drug-likeness (QED) is 0.297. The topological polar surface area (TPSA) is 115 Å². The van der Waals surface area contributed by atoms with E-state index in [1.165, 1.54) is 0 Å². The minimum atomic E-state index is -1.67. The molecule has 0 atom stereocenters. The van der Waals surface area contributed by atoms with Crippen molar-refractivity contribution in [3.05, 3.63) is 12.2 Å². The van der Waals surface area contributed by atoms with Crippen LogP contribution in [0.2, 0.25) is 0 Å². The summed E-state index contributed by atoms with van der Waals surface area (Å²) in [7, 11) is 0. The number of aliphatic carboxylic acids is 1. The number of rotatable bonds is 4. The van der Waals surface area contributed by atoms with Crippen LogP contribution in [0.25, 0.3) is 0 Å². The lowest BCUT2D eigenvalue weighted by molar-refractivity contribution is -0.143. The van der Waals surface area contributed by atoms with Crippen molar-refractivity contribution in [2.75, 3.05) is 6.54 Å². The summed E-state index contributed by atoms with van der Waals surface area (Å²) in [6.07, 6.45) is 3.24. The summed E-state index contributed by atoms with van der Waals surface area (Å²) in [5.41, 5.74) is 13.8. The van der Waals surface area contributed by atoms with Crippen molar-refractivity contribution >= 4 is 5.97 Å². The summed E-state index contributed by atoms with van der Waals surface area (Å²) < 4.78 is 0. The molecule has 0 amide bonds. The minimum absolute atomic E-state index is 0.0829. The molecular weight excluding hydrogens is 146 g/mol. The summed E-state index contributed by atoms with van der Waals surface area (Å²) in [4.78, 5) is 10.3. The van der Waals surface area contributed by atoms with Crippen molar-refractivity contribution < 1.29 is 9.90 Å². The van der Waals surface area contributed by atoms with Crippen LogP contribution >= 0.6 is 0 Å². The third-order valence-electron chi connectivity index (χ3n) is 1.16. The molecule has 0 aliphatic heterocycles. The number of hydrogen-bond donors (Lipinski definition) is 4. The Hall–Kier alpha value is -0.910. The second kappa shape index (κ2) is 4.07. The van der Waals surface area contributed by atoms with E-state index in [0.29, 0.717) is 6.54 Å². The second-order valence-corrected chi connectivity index (χ2v) is 2.26. The molecule has 0 unspecified atom stereocenters. The van der Waals surface area contributed by atoms with Gasteiger partial charge < -0.3 is 22.3 Å². The Morgan fingerprint density at radius 2 is 2.00 bits per heavy atom. The highest BCUT2D eigenvalue weighted by molar-refractivity contribution is 5.77. The highest BCUT2D eigenvalue weighted by atomic mass is 16.4. The molecule has 0 aromatic rings. The van der Waals surface area contributed by atoms with Gasteiger partial charge in [0.2, 0.25) is 0 Å². The molecule has 5 heteroatoms. The molecule has 0 fully saturated rings. The van der Waals surface area contributed by atoms with Crippen molar-refractivity contribution in [1.82, 2.24) is 0 Å². The molecule has 0 saturated carbocycles. The van der Waals surface area contributed by atoms with Crippen molar-refractivity contribution in [2.45, 2.75) is 12.1 Å². The molecule has 0 aromatic heterocycles. The van der Waals surface area contributed by atoms with Gasteiger partial charge in [-0.3, -0.25) is 0 Å². The van der Waals surface area contributed by atoms with Gasteiger partial charge in [-0.15, -0.1) is 0 Å². The van der Waals surface area contributed by atoms with Crippen molar-refractivity contribution in [2.24, 2.45) is 17.2 Å². The molecule has 7 N–H and O–H groups in total. The van der Waals surface area contributed by atoms with Crippen LogP contribution in [0.1, 0.15) is 6.42 Å². The monoisotopic (exact) mass is 159 g/mol. The zero-order valence-electron chi connectivity index (χ0n) is 6.16. The summed E-state index contributed by atoms with van der Waals surface area (Å²) in [5, 5.41) is 8.43. The third kappa shape index (κ3) is 3.72. The predicted molar refractivity (Wildman–Crippen MR) is 41.6 cm³/mol. The maximum Gasteiger partial charge on any atom is 0.338 e. The number of carboxylic acid groups (broad SMARTS) is 1. The Kier molecular flexibility index (Phi) is 3.73. The van der Waals surface area contributed by atoms with Gasteiger partial charge in [-0.2, -0.15) is 0 Å². The van der Waals surface area contributed by atoms with E-state index in [1.54, 1.807) is 12.2 Å². The fraction of sp³-hybridized carbons (Fsp3) is 0.500. The zero-order chi connectivity index (χ0) is 8.91. The van der Waals surface area contributed by atoms with E-state index in [0.717, 1.165) is 0 Å². The van der Waals surface area contributed by atoms with E-state index in [4.69, 9.17) is 22.3 Å². The van der Waals surface area contributed by atoms with Crippen molar-refractivity contribution in [3.63, 3.8) is 0 Å². The van der Waals surface area contributed by atoms with Crippen LogP contribution in [-0.4, -0.2) is 23.3 Å². The lowest BCUT2D eigenvalue weighted by Crippen LogP contribution is -2.55. The Bertz CT molecular complexity index is 165. The molecule has 0 bridgehead atoms. The van der Waals surface area contributed by atoms with E-state index in [1.807, 2.05) is 0 Å². The normalized spacial score (nSPS) is 12.3. The molecule has 0 aromatic carbocycles. The van der Waals surface area contributed by atoms with Crippen LogP contribution < -0.4 is 17.2 Å². The summed E-state index contributed by atoms with van der Waals surface area (Å²) >= 11 is 0. The number of carbonyl (C=O) groups is 1. The van der Waals surface area contributed by atoms with E-state index < -0.39 is 11.6 Å². The molecule has 0 aliphatic carbocycles. The van der Waals surface area contributed by atoms with Crippen LogP contribution in [0.3, 0.4) is 0 Å². The van der Waals surface area contributed by atoms with Gasteiger partial charge in [0.15, 0.2) is 5.66 Å². The molecule has 0 heterocycles. The molecule has 11 heavy (non-hydrogen) atoms. The van der Waals surface area contributed by atoms with Crippen LogP contribution in [0.15, 0.2) is 12.2 Å². The summed E-state index contributed by atoms with van der Waals surface area (Å²) in [5.74, 6) is -1.22. The lowest BCUT2D eigenvalue weighted by atomic mass is 10.1. The highest BCUT2D eigenvalue weighted by Gasteiger charge is 2.26. The number of carboxylic acids is 1. The number of nitrogens with two attached hydrogens (primary N) is 3. The van der Waals surface area contributed by atoms with E-state index >= 15 is 0 Å². The molecule has 0 saturated heterocycles. The third-order valence-corrected chi connectivity index (χ3v) is 1.16. The summed E-state index contributed by atoms with van der Waals surface area (Å²) in [6.45, 7) is 0.357. The standard InChI is InChI=1S/C6H13N3O2/c7-4-2-1-3-6(8,9)5(10)11/h1-2H,3-4,7-9H2,(H,10,11). The highest BCUT2D eigenvalue weighted by Crippen LogP contribution is 1.98. The molecule has 0 aliphatic rings. The molecule has 5 nitrogen and oxygen atoms in total. The van der Waals surface area contributed by atoms with Gasteiger partial charge in [-0.25, -0.2) is 4.79 Å². The van der Waals surface area contributed by atoms with Gasteiger partial charge in [0, 0.05) is 13.0 Å². The van der Waals surface area contributed by atoms with Gasteiger partial charge >= 0.3 is 5.97 Å². The molecule has 0 spiro atoms. The Balaban J connectivity index is 3.92. The van der Waals surface area contributed by atoms with Crippen molar-refractivity contribution in [3.8, 4) is 0 Å². The Morgan fingerprint density at radius 1 is 1.45 bits per heavy atom.